The fraction of sp³-hybridized carbons (Fsp3) is 0.636. The van der Waals surface area contributed by atoms with Crippen LogP contribution in [0.3, 0.4) is 0 Å². The number of thiophene rings is 1. The van der Waals surface area contributed by atoms with Crippen molar-refractivity contribution in [3.05, 3.63) is 16.3 Å². The fourth-order valence-corrected chi connectivity index (χ4v) is 4.43. The first-order valence-electron chi connectivity index (χ1n) is 5.90. The van der Waals surface area contributed by atoms with Gasteiger partial charge in [0.2, 0.25) is 10.0 Å². The van der Waals surface area contributed by atoms with E-state index in [9.17, 15) is 8.42 Å². The summed E-state index contributed by atoms with van der Waals surface area (Å²) in [6, 6.07) is 1.52. The molecule has 18 heavy (non-hydrogen) atoms. The van der Waals surface area contributed by atoms with Gasteiger partial charge in [-0.1, -0.05) is 0 Å². The lowest BCUT2D eigenvalue weighted by molar-refractivity contribution is 0.180. The number of nitrogens with two attached hydrogens (primary N) is 1. The summed E-state index contributed by atoms with van der Waals surface area (Å²) in [6.45, 7) is 3.59. The summed E-state index contributed by atoms with van der Waals surface area (Å²) in [5.74, 6) is 0.257. The van der Waals surface area contributed by atoms with E-state index >= 15 is 0 Å². The van der Waals surface area contributed by atoms with Crippen molar-refractivity contribution in [2.45, 2.75) is 30.8 Å². The topological polar surface area (TPSA) is 81.4 Å². The molecule has 1 aromatic rings. The molecule has 7 heteroatoms. The van der Waals surface area contributed by atoms with Gasteiger partial charge >= 0.3 is 0 Å². The number of rotatable bonds is 5. The third kappa shape index (κ3) is 3.10. The van der Waals surface area contributed by atoms with Gasteiger partial charge in [-0.25, -0.2) is 13.1 Å². The Morgan fingerprint density at radius 1 is 1.67 bits per heavy atom. The highest BCUT2D eigenvalue weighted by Crippen LogP contribution is 2.21. The molecule has 0 aliphatic carbocycles. The second kappa shape index (κ2) is 5.66. The number of hydrogen-bond donors (Lipinski definition) is 2. The van der Waals surface area contributed by atoms with Gasteiger partial charge in [-0.05, 0) is 19.4 Å². The van der Waals surface area contributed by atoms with E-state index in [1.54, 1.807) is 11.4 Å². The molecule has 0 spiro atoms. The molecule has 1 saturated heterocycles. The highest BCUT2D eigenvalue weighted by Gasteiger charge is 2.27. The van der Waals surface area contributed by atoms with Crippen LogP contribution in [0.15, 0.2) is 16.3 Å². The maximum absolute atomic E-state index is 12.1. The summed E-state index contributed by atoms with van der Waals surface area (Å²) in [5, 5.41) is 1.63. The van der Waals surface area contributed by atoms with Gasteiger partial charge in [-0.2, -0.15) is 0 Å². The number of nitrogens with one attached hydrogen (secondary N) is 1. The summed E-state index contributed by atoms with van der Waals surface area (Å²) in [5.41, 5.74) is 5.49. The zero-order valence-electron chi connectivity index (χ0n) is 10.3. The van der Waals surface area contributed by atoms with Gasteiger partial charge in [0.15, 0.2) is 0 Å². The molecule has 5 nitrogen and oxygen atoms in total. The maximum Gasteiger partial charge on any atom is 0.241 e. The average Bonchev–Trinajstić information content (AvgIpc) is 3.00. The van der Waals surface area contributed by atoms with Crippen LogP contribution in [0.5, 0.6) is 0 Å². The molecule has 1 fully saturated rings. The lowest BCUT2D eigenvalue weighted by Gasteiger charge is -2.18. The van der Waals surface area contributed by atoms with Gasteiger partial charge < -0.3 is 10.5 Å². The molecule has 2 rings (SSSR count). The normalized spacial score (nSPS) is 22.2. The van der Waals surface area contributed by atoms with Crippen LogP contribution in [0, 0.1) is 5.92 Å². The lowest BCUT2D eigenvalue weighted by atomic mass is 10.0. The Bertz CT molecular complexity index is 492. The largest absolute Gasteiger partial charge is 0.381 e. The predicted molar refractivity (Wildman–Crippen MR) is 70.9 cm³/mol. The molecule has 0 radical (unpaired) electrons. The van der Waals surface area contributed by atoms with Crippen molar-refractivity contribution in [1.29, 1.82) is 0 Å². The highest BCUT2D eigenvalue weighted by atomic mass is 32.2. The zero-order chi connectivity index (χ0) is 13.2. The van der Waals surface area contributed by atoms with Crippen molar-refractivity contribution in [1.82, 2.24) is 4.72 Å². The molecule has 2 heterocycles. The monoisotopic (exact) mass is 290 g/mol. The van der Waals surface area contributed by atoms with Gasteiger partial charge in [-0.3, -0.25) is 0 Å². The van der Waals surface area contributed by atoms with Crippen LogP contribution in [0.2, 0.25) is 0 Å². The van der Waals surface area contributed by atoms with Crippen molar-refractivity contribution < 1.29 is 13.2 Å². The summed E-state index contributed by atoms with van der Waals surface area (Å²) < 4.78 is 32.3. The van der Waals surface area contributed by atoms with Crippen molar-refractivity contribution in [2.24, 2.45) is 11.7 Å². The summed E-state index contributed by atoms with van der Waals surface area (Å²) in [6.07, 6.45) is 0.904. The quantitative estimate of drug-likeness (QED) is 0.844. The Hall–Kier alpha value is -0.470. The van der Waals surface area contributed by atoms with Crippen molar-refractivity contribution in [3.63, 3.8) is 0 Å². The first-order valence-corrected chi connectivity index (χ1v) is 8.27. The predicted octanol–water partition coefficient (Wildman–Crippen LogP) is 0.910. The van der Waals surface area contributed by atoms with Crippen molar-refractivity contribution >= 4 is 21.4 Å². The molecule has 3 N–H and O–H groups in total. The Kier molecular flexibility index (Phi) is 4.39. The molecule has 102 valence electrons. The summed E-state index contributed by atoms with van der Waals surface area (Å²) in [4.78, 5) is 1.17. The molecule has 0 amide bonds. The van der Waals surface area contributed by atoms with Crippen LogP contribution in [0.4, 0.5) is 0 Å². The molecular formula is C11H18N2O3S2. The third-order valence-electron chi connectivity index (χ3n) is 3.15. The smallest absolute Gasteiger partial charge is 0.241 e. The molecule has 2 atom stereocenters. The average molecular weight is 290 g/mol. The third-order valence-corrected chi connectivity index (χ3v) is 5.80. The number of ether oxygens (including phenoxy) is 1. The second-order valence-corrected chi connectivity index (χ2v) is 7.20. The Morgan fingerprint density at radius 3 is 3.00 bits per heavy atom. The molecule has 0 bridgehead atoms. The molecule has 0 aromatic carbocycles. The van der Waals surface area contributed by atoms with Crippen molar-refractivity contribution in [3.8, 4) is 0 Å². The summed E-state index contributed by atoms with van der Waals surface area (Å²) >= 11 is 1.37. The summed E-state index contributed by atoms with van der Waals surface area (Å²) in [7, 11) is -3.44. The minimum Gasteiger partial charge on any atom is -0.381 e. The Labute approximate surface area is 111 Å². The van der Waals surface area contributed by atoms with Gasteiger partial charge in [0.1, 0.15) is 0 Å². The van der Waals surface area contributed by atoms with Crippen LogP contribution >= 0.6 is 11.3 Å². The van der Waals surface area contributed by atoms with E-state index in [2.05, 4.69) is 4.72 Å². The molecular weight excluding hydrogens is 272 g/mol. The SMILES string of the molecule is CC(NS(=O)(=O)c1csc(CN)c1)C1CCOC1. The minimum absolute atomic E-state index is 0.112. The van der Waals surface area contributed by atoms with E-state index in [1.807, 2.05) is 6.92 Å². The molecule has 1 aliphatic rings. The standard InChI is InChI=1S/C11H18N2O3S2/c1-8(9-2-3-16-6-9)13-18(14,15)11-4-10(5-12)17-7-11/h4,7-9,13H,2-3,5-6,12H2,1H3. The van der Waals surface area contributed by atoms with Crippen LogP contribution in [-0.2, 0) is 21.3 Å². The number of hydrogen-bond acceptors (Lipinski definition) is 5. The molecule has 0 saturated carbocycles. The highest BCUT2D eigenvalue weighted by molar-refractivity contribution is 7.89. The lowest BCUT2D eigenvalue weighted by Crippen LogP contribution is -2.38. The van der Waals surface area contributed by atoms with E-state index < -0.39 is 10.0 Å². The van der Waals surface area contributed by atoms with Gasteiger partial charge in [-0.15, -0.1) is 11.3 Å². The van der Waals surface area contributed by atoms with Gasteiger partial charge in [0.25, 0.3) is 0 Å². The molecule has 2 unspecified atom stereocenters. The zero-order valence-corrected chi connectivity index (χ0v) is 11.9. The van der Waals surface area contributed by atoms with E-state index in [0.717, 1.165) is 11.3 Å². The Balaban J connectivity index is 2.06. The first-order chi connectivity index (χ1) is 8.53. The molecule has 1 aliphatic heterocycles. The maximum atomic E-state index is 12.1. The van der Waals surface area contributed by atoms with Gasteiger partial charge in [0.05, 0.1) is 11.5 Å². The van der Waals surface area contributed by atoms with E-state index in [-0.39, 0.29) is 12.0 Å². The van der Waals surface area contributed by atoms with Crippen LogP contribution in [0.25, 0.3) is 0 Å². The molecule has 1 aromatic heterocycles. The van der Waals surface area contributed by atoms with E-state index in [0.29, 0.717) is 24.7 Å². The van der Waals surface area contributed by atoms with E-state index in [1.165, 1.54) is 11.3 Å². The fourth-order valence-electron chi connectivity index (χ4n) is 1.96. The minimum atomic E-state index is -3.44. The van der Waals surface area contributed by atoms with E-state index in [4.69, 9.17) is 10.5 Å². The van der Waals surface area contributed by atoms with Crippen LogP contribution < -0.4 is 10.5 Å². The second-order valence-electron chi connectivity index (χ2n) is 4.49. The van der Waals surface area contributed by atoms with Crippen LogP contribution in [0.1, 0.15) is 18.2 Å². The van der Waals surface area contributed by atoms with Crippen LogP contribution in [-0.4, -0.2) is 27.7 Å². The number of sulfonamides is 1. The first kappa shape index (κ1) is 14.0. The Morgan fingerprint density at radius 2 is 2.44 bits per heavy atom. The van der Waals surface area contributed by atoms with Gasteiger partial charge in [0, 0.05) is 35.4 Å². The van der Waals surface area contributed by atoms with Crippen molar-refractivity contribution in [2.75, 3.05) is 13.2 Å².